The first-order chi connectivity index (χ1) is 7.46. The minimum atomic E-state index is -3.26. The van der Waals surface area contributed by atoms with E-state index in [2.05, 4.69) is 10.0 Å². The lowest BCUT2D eigenvalue weighted by atomic mass is 10.2. The van der Waals surface area contributed by atoms with E-state index in [-0.39, 0.29) is 18.2 Å². The van der Waals surface area contributed by atoms with Gasteiger partial charge in [-0.1, -0.05) is 0 Å². The van der Waals surface area contributed by atoms with Crippen molar-refractivity contribution in [2.24, 2.45) is 0 Å². The standard InChI is InChI=1S/C9H14N2O3S2/c1-7-5-15-6-8(7)9(12)11-3-4-16(13,14)10-2/h5-6,10H,3-4H2,1-2H3,(H,11,12). The van der Waals surface area contributed by atoms with Crippen molar-refractivity contribution in [1.82, 2.24) is 10.0 Å². The maximum absolute atomic E-state index is 11.6. The van der Waals surface area contributed by atoms with Gasteiger partial charge >= 0.3 is 0 Å². The lowest BCUT2D eigenvalue weighted by Crippen LogP contribution is -2.33. The molecule has 5 nitrogen and oxygen atoms in total. The molecule has 0 saturated carbocycles. The molecule has 1 heterocycles. The van der Waals surface area contributed by atoms with E-state index in [9.17, 15) is 13.2 Å². The molecule has 2 N–H and O–H groups in total. The first-order valence-electron chi connectivity index (χ1n) is 4.68. The molecule has 7 heteroatoms. The highest BCUT2D eigenvalue weighted by Crippen LogP contribution is 2.12. The lowest BCUT2D eigenvalue weighted by Gasteiger charge is -2.05. The van der Waals surface area contributed by atoms with Crippen LogP contribution in [-0.2, 0) is 10.0 Å². The van der Waals surface area contributed by atoms with Gasteiger partial charge in [0.15, 0.2) is 0 Å². The summed E-state index contributed by atoms with van der Waals surface area (Å²) in [6.45, 7) is 1.95. The van der Waals surface area contributed by atoms with Crippen LogP contribution in [0.2, 0.25) is 0 Å². The van der Waals surface area contributed by atoms with Gasteiger partial charge in [-0.2, -0.15) is 11.3 Å². The Kier molecular flexibility index (Phi) is 4.45. The summed E-state index contributed by atoms with van der Waals surface area (Å²) in [5.74, 6) is -0.344. The number of amides is 1. The van der Waals surface area contributed by atoms with Crippen molar-refractivity contribution in [1.29, 1.82) is 0 Å². The van der Waals surface area contributed by atoms with Gasteiger partial charge in [0, 0.05) is 11.9 Å². The van der Waals surface area contributed by atoms with Crippen molar-refractivity contribution in [2.75, 3.05) is 19.3 Å². The molecule has 0 saturated heterocycles. The second kappa shape index (κ2) is 5.42. The van der Waals surface area contributed by atoms with Crippen LogP contribution in [0, 0.1) is 6.92 Å². The fourth-order valence-corrected chi connectivity index (χ4v) is 2.49. The largest absolute Gasteiger partial charge is 0.351 e. The van der Waals surface area contributed by atoms with Crippen LogP contribution in [0.4, 0.5) is 0 Å². The second-order valence-corrected chi connectivity index (χ2v) is 6.04. The van der Waals surface area contributed by atoms with Crippen LogP contribution < -0.4 is 10.0 Å². The number of thiophene rings is 1. The van der Waals surface area contributed by atoms with E-state index in [1.54, 1.807) is 5.38 Å². The highest BCUT2D eigenvalue weighted by molar-refractivity contribution is 7.89. The Bertz CT molecular complexity index is 465. The summed E-state index contributed by atoms with van der Waals surface area (Å²) in [7, 11) is -1.91. The second-order valence-electron chi connectivity index (χ2n) is 3.25. The number of hydrogen-bond acceptors (Lipinski definition) is 4. The highest BCUT2D eigenvalue weighted by Gasteiger charge is 2.11. The first-order valence-corrected chi connectivity index (χ1v) is 7.28. The zero-order chi connectivity index (χ0) is 12.2. The maximum Gasteiger partial charge on any atom is 0.252 e. The normalized spacial score (nSPS) is 11.4. The summed E-state index contributed by atoms with van der Waals surface area (Å²) in [4.78, 5) is 11.6. The fraction of sp³-hybridized carbons (Fsp3) is 0.444. The van der Waals surface area contributed by atoms with Crippen molar-refractivity contribution in [3.63, 3.8) is 0 Å². The van der Waals surface area contributed by atoms with E-state index in [0.29, 0.717) is 5.56 Å². The van der Waals surface area contributed by atoms with Crippen molar-refractivity contribution in [3.05, 3.63) is 21.9 Å². The Labute approximate surface area is 98.9 Å². The quantitative estimate of drug-likeness (QED) is 0.803. The Balaban J connectivity index is 2.46. The Morgan fingerprint density at radius 2 is 2.12 bits per heavy atom. The van der Waals surface area contributed by atoms with Crippen molar-refractivity contribution in [3.8, 4) is 0 Å². The SMILES string of the molecule is CNS(=O)(=O)CCNC(=O)c1cscc1C. The van der Waals surface area contributed by atoms with Crippen LogP contribution >= 0.6 is 11.3 Å². The van der Waals surface area contributed by atoms with E-state index in [0.717, 1.165) is 5.56 Å². The molecule has 0 aliphatic carbocycles. The zero-order valence-corrected chi connectivity index (χ0v) is 10.7. The first kappa shape index (κ1) is 13.1. The highest BCUT2D eigenvalue weighted by atomic mass is 32.2. The molecule has 0 spiro atoms. The number of carbonyl (C=O) groups excluding carboxylic acids is 1. The van der Waals surface area contributed by atoms with Crippen LogP contribution in [0.25, 0.3) is 0 Å². The van der Waals surface area contributed by atoms with Crippen molar-refractivity contribution >= 4 is 27.3 Å². The molecule has 1 aromatic heterocycles. The predicted octanol–water partition coefficient (Wildman–Crippen LogP) is 0.336. The summed E-state index contributed by atoms with van der Waals surface area (Å²) in [6, 6.07) is 0. The summed E-state index contributed by atoms with van der Waals surface area (Å²) in [5.41, 5.74) is 1.51. The smallest absolute Gasteiger partial charge is 0.252 e. The predicted molar refractivity (Wildman–Crippen MR) is 64.2 cm³/mol. The molecule has 1 rings (SSSR count). The lowest BCUT2D eigenvalue weighted by molar-refractivity contribution is 0.0956. The monoisotopic (exact) mass is 262 g/mol. The van der Waals surface area contributed by atoms with E-state index < -0.39 is 10.0 Å². The summed E-state index contributed by atoms with van der Waals surface area (Å²) in [6.07, 6.45) is 0. The molecule has 90 valence electrons. The third-order valence-electron chi connectivity index (χ3n) is 2.07. The van der Waals surface area contributed by atoms with Gasteiger partial charge in [-0.05, 0) is 24.9 Å². The van der Waals surface area contributed by atoms with E-state index in [4.69, 9.17) is 0 Å². The number of nitrogens with one attached hydrogen (secondary N) is 2. The summed E-state index contributed by atoms with van der Waals surface area (Å²) >= 11 is 1.45. The zero-order valence-electron chi connectivity index (χ0n) is 9.11. The number of hydrogen-bond donors (Lipinski definition) is 2. The van der Waals surface area contributed by atoms with Crippen LogP contribution in [0.1, 0.15) is 15.9 Å². The average Bonchev–Trinajstić information content (AvgIpc) is 2.64. The topological polar surface area (TPSA) is 75.3 Å². The van der Waals surface area contributed by atoms with Crippen LogP contribution in [0.3, 0.4) is 0 Å². The maximum atomic E-state index is 11.6. The number of sulfonamides is 1. The van der Waals surface area contributed by atoms with Crippen molar-refractivity contribution < 1.29 is 13.2 Å². The molecule has 1 amide bonds. The van der Waals surface area contributed by atoms with Gasteiger partial charge in [0.1, 0.15) is 0 Å². The van der Waals surface area contributed by atoms with Crippen LogP contribution in [0.5, 0.6) is 0 Å². The third kappa shape index (κ3) is 3.58. The van der Waals surface area contributed by atoms with Gasteiger partial charge in [-0.25, -0.2) is 13.1 Å². The molecule has 16 heavy (non-hydrogen) atoms. The van der Waals surface area contributed by atoms with E-state index >= 15 is 0 Å². The molecular formula is C9H14N2O3S2. The number of aryl methyl sites for hydroxylation is 1. The van der Waals surface area contributed by atoms with Gasteiger partial charge in [-0.15, -0.1) is 0 Å². The summed E-state index contributed by atoms with van der Waals surface area (Å²) < 4.78 is 24.3. The molecule has 0 radical (unpaired) electrons. The van der Waals surface area contributed by atoms with Gasteiger partial charge in [-0.3, -0.25) is 4.79 Å². The molecule has 0 bridgehead atoms. The van der Waals surface area contributed by atoms with Crippen molar-refractivity contribution in [2.45, 2.75) is 6.92 Å². The molecule has 0 aliphatic heterocycles. The molecule has 1 aromatic rings. The van der Waals surface area contributed by atoms with Crippen LogP contribution in [-0.4, -0.2) is 33.7 Å². The minimum absolute atomic E-state index is 0.108. The molecule has 0 aliphatic rings. The molecule has 0 unspecified atom stereocenters. The van der Waals surface area contributed by atoms with Gasteiger partial charge in [0.2, 0.25) is 10.0 Å². The molecular weight excluding hydrogens is 248 g/mol. The van der Waals surface area contributed by atoms with Gasteiger partial charge in [0.25, 0.3) is 5.91 Å². The average molecular weight is 262 g/mol. The third-order valence-corrected chi connectivity index (χ3v) is 4.29. The molecule has 0 atom stereocenters. The van der Waals surface area contributed by atoms with Gasteiger partial charge in [0.05, 0.1) is 11.3 Å². The molecule has 0 aromatic carbocycles. The molecule has 0 fully saturated rings. The van der Waals surface area contributed by atoms with E-state index in [1.807, 2.05) is 12.3 Å². The summed E-state index contributed by atoms with van der Waals surface area (Å²) in [5, 5.41) is 6.19. The van der Waals surface area contributed by atoms with Crippen LogP contribution in [0.15, 0.2) is 10.8 Å². The fourth-order valence-electron chi connectivity index (χ4n) is 1.09. The Hall–Kier alpha value is -0.920. The number of rotatable bonds is 5. The van der Waals surface area contributed by atoms with Gasteiger partial charge < -0.3 is 5.32 Å². The Morgan fingerprint density at radius 3 is 2.62 bits per heavy atom. The Morgan fingerprint density at radius 1 is 1.44 bits per heavy atom. The minimum Gasteiger partial charge on any atom is -0.351 e. The number of carbonyl (C=O) groups is 1. The van der Waals surface area contributed by atoms with E-state index in [1.165, 1.54) is 18.4 Å².